The van der Waals surface area contributed by atoms with E-state index < -0.39 is 0 Å². The number of ether oxygens (including phenoxy) is 1. The molecule has 0 spiro atoms. The number of nitrogens with zero attached hydrogens (tertiary/aromatic N) is 1. The van der Waals surface area contributed by atoms with E-state index in [0.717, 1.165) is 45.7 Å². The second-order valence-corrected chi connectivity index (χ2v) is 4.30. The van der Waals surface area contributed by atoms with E-state index in [0.29, 0.717) is 0 Å². The van der Waals surface area contributed by atoms with E-state index in [2.05, 4.69) is 12.2 Å². The van der Waals surface area contributed by atoms with Crippen LogP contribution in [0.2, 0.25) is 0 Å². The molecule has 0 radical (unpaired) electrons. The maximum absolute atomic E-state index is 11.4. The van der Waals surface area contributed by atoms with Gasteiger partial charge in [-0.15, -0.1) is 0 Å². The summed E-state index contributed by atoms with van der Waals surface area (Å²) >= 11 is 0. The molecule has 0 aliphatic heterocycles. The maximum Gasteiger partial charge on any atom is 0.250 e. The Kier molecular flexibility index (Phi) is 8.17. The third-order valence-corrected chi connectivity index (χ3v) is 2.71. The van der Waals surface area contributed by atoms with Crippen LogP contribution in [0.4, 0.5) is 0 Å². The Bertz CT molecular complexity index is 363. The minimum atomic E-state index is 0.0576. The highest BCUT2D eigenvalue weighted by Gasteiger charge is 1.93. The van der Waals surface area contributed by atoms with E-state index in [9.17, 15) is 4.79 Å². The molecule has 0 aliphatic rings. The van der Waals surface area contributed by atoms with Crippen molar-refractivity contribution in [3.8, 4) is 0 Å². The molecule has 0 fully saturated rings. The number of hydrogen-bond acceptors (Lipinski definition) is 3. The quantitative estimate of drug-likeness (QED) is 0.644. The van der Waals surface area contributed by atoms with E-state index in [1.165, 1.54) is 6.42 Å². The second kappa shape index (κ2) is 9.85. The van der Waals surface area contributed by atoms with Crippen molar-refractivity contribution in [2.75, 3.05) is 26.3 Å². The van der Waals surface area contributed by atoms with Gasteiger partial charge in [-0.05, 0) is 25.5 Å². The summed E-state index contributed by atoms with van der Waals surface area (Å²) in [4.78, 5) is 11.4. The van der Waals surface area contributed by atoms with Gasteiger partial charge in [-0.1, -0.05) is 19.4 Å². The van der Waals surface area contributed by atoms with Gasteiger partial charge in [0.1, 0.15) is 0 Å². The van der Waals surface area contributed by atoms with Gasteiger partial charge in [-0.3, -0.25) is 4.79 Å². The SMILES string of the molecule is CCCCOCCCNCCn1ccccc1=O. The molecule has 1 aromatic rings. The molecule has 4 nitrogen and oxygen atoms in total. The molecule has 0 saturated carbocycles. The monoisotopic (exact) mass is 252 g/mol. The lowest BCUT2D eigenvalue weighted by atomic mass is 10.3. The van der Waals surface area contributed by atoms with Gasteiger partial charge >= 0.3 is 0 Å². The molecule has 0 amide bonds. The van der Waals surface area contributed by atoms with Crippen molar-refractivity contribution in [1.29, 1.82) is 0 Å². The fourth-order valence-electron chi connectivity index (χ4n) is 1.62. The summed E-state index contributed by atoms with van der Waals surface area (Å²) in [6.07, 6.45) is 5.17. The van der Waals surface area contributed by atoms with Crippen molar-refractivity contribution < 1.29 is 4.74 Å². The van der Waals surface area contributed by atoms with E-state index in [-0.39, 0.29) is 5.56 Å². The van der Waals surface area contributed by atoms with Crippen LogP contribution in [0, 0.1) is 0 Å². The Morgan fingerprint density at radius 1 is 1.22 bits per heavy atom. The molecule has 18 heavy (non-hydrogen) atoms. The predicted molar refractivity (Wildman–Crippen MR) is 73.9 cm³/mol. The highest BCUT2D eigenvalue weighted by atomic mass is 16.5. The Morgan fingerprint density at radius 2 is 2.06 bits per heavy atom. The summed E-state index contributed by atoms with van der Waals surface area (Å²) in [7, 11) is 0. The Hall–Kier alpha value is -1.13. The van der Waals surface area contributed by atoms with Gasteiger partial charge in [0.15, 0.2) is 0 Å². The first-order valence-corrected chi connectivity index (χ1v) is 6.78. The normalized spacial score (nSPS) is 10.7. The summed E-state index contributed by atoms with van der Waals surface area (Å²) in [5.41, 5.74) is 0.0576. The molecular formula is C14H24N2O2. The van der Waals surface area contributed by atoms with Crippen LogP contribution in [0.1, 0.15) is 26.2 Å². The Balaban J connectivity index is 1.96. The van der Waals surface area contributed by atoms with Crippen molar-refractivity contribution in [2.45, 2.75) is 32.7 Å². The van der Waals surface area contributed by atoms with Crippen LogP contribution in [-0.2, 0) is 11.3 Å². The molecule has 1 heterocycles. The minimum absolute atomic E-state index is 0.0576. The number of aromatic nitrogens is 1. The predicted octanol–water partition coefficient (Wildman–Crippen LogP) is 1.64. The lowest BCUT2D eigenvalue weighted by molar-refractivity contribution is 0.129. The third kappa shape index (κ3) is 6.57. The zero-order chi connectivity index (χ0) is 13.1. The van der Waals surface area contributed by atoms with Gasteiger partial charge in [0.25, 0.3) is 5.56 Å². The van der Waals surface area contributed by atoms with Crippen LogP contribution in [0.5, 0.6) is 0 Å². The van der Waals surface area contributed by atoms with Crippen LogP contribution >= 0.6 is 0 Å². The summed E-state index contributed by atoms with van der Waals surface area (Å²) < 4.78 is 7.18. The first-order chi connectivity index (χ1) is 8.84. The van der Waals surface area contributed by atoms with Gasteiger partial charge in [0, 0.05) is 38.6 Å². The molecule has 0 aromatic carbocycles. The van der Waals surface area contributed by atoms with Crippen molar-refractivity contribution in [1.82, 2.24) is 9.88 Å². The van der Waals surface area contributed by atoms with Gasteiger partial charge < -0.3 is 14.6 Å². The van der Waals surface area contributed by atoms with Crippen LogP contribution in [0.3, 0.4) is 0 Å². The molecule has 1 rings (SSSR count). The van der Waals surface area contributed by atoms with Gasteiger partial charge in [-0.25, -0.2) is 0 Å². The van der Waals surface area contributed by atoms with E-state index in [4.69, 9.17) is 4.74 Å². The molecular weight excluding hydrogens is 228 g/mol. The molecule has 102 valence electrons. The van der Waals surface area contributed by atoms with Gasteiger partial charge in [0.2, 0.25) is 0 Å². The topological polar surface area (TPSA) is 43.3 Å². The minimum Gasteiger partial charge on any atom is -0.381 e. The summed E-state index contributed by atoms with van der Waals surface area (Å²) in [5, 5.41) is 3.31. The molecule has 1 N–H and O–H groups in total. The zero-order valence-electron chi connectivity index (χ0n) is 11.2. The molecule has 0 atom stereocenters. The summed E-state index contributed by atoms with van der Waals surface area (Å²) in [6.45, 7) is 6.33. The highest BCUT2D eigenvalue weighted by Crippen LogP contribution is 1.89. The summed E-state index contributed by atoms with van der Waals surface area (Å²) in [5.74, 6) is 0. The number of pyridine rings is 1. The average Bonchev–Trinajstić information content (AvgIpc) is 2.39. The van der Waals surface area contributed by atoms with Crippen LogP contribution < -0.4 is 10.9 Å². The van der Waals surface area contributed by atoms with E-state index >= 15 is 0 Å². The Labute approximate surface area is 109 Å². The molecule has 4 heteroatoms. The van der Waals surface area contributed by atoms with Crippen LogP contribution in [-0.4, -0.2) is 30.9 Å². The average molecular weight is 252 g/mol. The van der Waals surface area contributed by atoms with Crippen molar-refractivity contribution in [3.05, 3.63) is 34.7 Å². The van der Waals surface area contributed by atoms with Crippen LogP contribution in [0.15, 0.2) is 29.2 Å². The van der Waals surface area contributed by atoms with E-state index in [1.54, 1.807) is 16.7 Å². The molecule has 0 saturated heterocycles. The molecule has 0 bridgehead atoms. The van der Waals surface area contributed by atoms with Crippen LogP contribution in [0.25, 0.3) is 0 Å². The fourth-order valence-corrected chi connectivity index (χ4v) is 1.62. The lowest BCUT2D eigenvalue weighted by Crippen LogP contribution is -2.27. The third-order valence-electron chi connectivity index (χ3n) is 2.71. The highest BCUT2D eigenvalue weighted by molar-refractivity contribution is 4.93. The second-order valence-electron chi connectivity index (χ2n) is 4.30. The largest absolute Gasteiger partial charge is 0.381 e. The van der Waals surface area contributed by atoms with Crippen molar-refractivity contribution in [2.24, 2.45) is 0 Å². The molecule has 1 aromatic heterocycles. The summed E-state index contributed by atoms with van der Waals surface area (Å²) in [6, 6.07) is 5.23. The number of rotatable bonds is 10. The lowest BCUT2D eigenvalue weighted by Gasteiger charge is -2.07. The first kappa shape index (κ1) is 14.9. The molecule has 0 unspecified atom stereocenters. The van der Waals surface area contributed by atoms with Gasteiger partial charge in [-0.2, -0.15) is 0 Å². The number of unbranched alkanes of at least 4 members (excludes halogenated alkanes) is 1. The van der Waals surface area contributed by atoms with Crippen molar-refractivity contribution in [3.63, 3.8) is 0 Å². The Morgan fingerprint density at radius 3 is 2.83 bits per heavy atom. The number of hydrogen-bond donors (Lipinski definition) is 1. The maximum atomic E-state index is 11.4. The standard InChI is InChI=1S/C14H24N2O2/c1-2-3-12-18-13-6-8-15-9-11-16-10-5-4-7-14(16)17/h4-5,7,10,15H,2-3,6,8-9,11-13H2,1H3. The zero-order valence-corrected chi connectivity index (χ0v) is 11.2. The molecule has 0 aliphatic carbocycles. The van der Waals surface area contributed by atoms with Gasteiger partial charge in [0.05, 0.1) is 0 Å². The van der Waals surface area contributed by atoms with E-state index in [1.807, 2.05) is 12.3 Å². The smallest absolute Gasteiger partial charge is 0.250 e. The number of nitrogens with one attached hydrogen (secondary N) is 1. The van der Waals surface area contributed by atoms with Crippen molar-refractivity contribution >= 4 is 0 Å². The first-order valence-electron chi connectivity index (χ1n) is 6.78. The fraction of sp³-hybridized carbons (Fsp3) is 0.643.